The SMILES string of the molecule is CC(NC(=O)c1ccccc1)c1nccn1C. The summed E-state index contributed by atoms with van der Waals surface area (Å²) in [6.45, 7) is 1.92. The van der Waals surface area contributed by atoms with Crippen molar-refractivity contribution in [2.24, 2.45) is 7.05 Å². The van der Waals surface area contributed by atoms with Crippen LogP contribution in [0.15, 0.2) is 42.7 Å². The number of rotatable bonds is 3. The molecule has 0 saturated heterocycles. The van der Waals surface area contributed by atoms with Gasteiger partial charge >= 0.3 is 0 Å². The number of amides is 1. The summed E-state index contributed by atoms with van der Waals surface area (Å²) < 4.78 is 1.90. The molecule has 0 spiro atoms. The van der Waals surface area contributed by atoms with Crippen LogP contribution in [0.1, 0.15) is 29.1 Å². The van der Waals surface area contributed by atoms with Crippen molar-refractivity contribution in [2.45, 2.75) is 13.0 Å². The molecule has 4 heteroatoms. The van der Waals surface area contributed by atoms with Crippen molar-refractivity contribution >= 4 is 5.91 Å². The second kappa shape index (κ2) is 4.82. The van der Waals surface area contributed by atoms with Crippen molar-refractivity contribution in [3.63, 3.8) is 0 Å². The molecule has 2 aromatic rings. The first-order chi connectivity index (χ1) is 8.18. The van der Waals surface area contributed by atoms with E-state index in [0.717, 1.165) is 5.82 Å². The number of carbonyl (C=O) groups excluding carboxylic acids is 1. The molecule has 0 aliphatic carbocycles. The number of aromatic nitrogens is 2. The van der Waals surface area contributed by atoms with Crippen molar-refractivity contribution in [3.05, 3.63) is 54.1 Å². The first-order valence-electron chi connectivity index (χ1n) is 5.51. The molecule has 1 atom stereocenters. The first kappa shape index (κ1) is 11.4. The van der Waals surface area contributed by atoms with Gasteiger partial charge in [-0.25, -0.2) is 4.98 Å². The predicted molar refractivity (Wildman–Crippen MR) is 65.5 cm³/mol. The van der Waals surface area contributed by atoms with Crippen LogP contribution in [0.25, 0.3) is 0 Å². The molecule has 1 amide bonds. The molecule has 1 aromatic carbocycles. The molecule has 0 aliphatic heterocycles. The van der Waals surface area contributed by atoms with Gasteiger partial charge in [-0.1, -0.05) is 18.2 Å². The van der Waals surface area contributed by atoms with Gasteiger partial charge in [-0.3, -0.25) is 4.79 Å². The topological polar surface area (TPSA) is 46.9 Å². The van der Waals surface area contributed by atoms with Crippen LogP contribution >= 0.6 is 0 Å². The zero-order valence-corrected chi connectivity index (χ0v) is 9.92. The largest absolute Gasteiger partial charge is 0.342 e. The monoisotopic (exact) mass is 229 g/mol. The van der Waals surface area contributed by atoms with E-state index in [1.807, 2.05) is 42.9 Å². The minimum atomic E-state index is -0.109. The lowest BCUT2D eigenvalue weighted by atomic mass is 10.2. The summed E-state index contributed by atoms with van der Waals surface area (Å²) in [7, 11) is 1.91. The Bertz CT molecular complexity index is 504. The number of benzene rings is 1. The Hall–Kier alpha value is -2.10. The van der Waals surface area contributed by atoms with E-state index in [2.05, 4.69) is 10.3 Å². The molecule has 0 aliphatic rings. The summed E-state index contributed by atoms with van der Waals surface area (Å²) >= 11 is 0. The highest BCUT2D eigenvalue weighted by Gasteiger charge is 2.13. The molecule has 88 valence electrons. The minimum absolute atomic E-state index is 0.0823. The Morgan fingerprint density at radius 2 is 2.06 bits per heavy atom. The van der Waals surface area contributed by atoms with Crippen LogP contribution < -0.4 is 5.32 Å². The summed E-state index contributed by atoms with van der Waals surface area (Å²) in [6.07, 6.45) is 3.58. The fourth-order valence-corrected chi connectivity index (χ4v) is 1.73. The first-order valence-corrected chi connectivity index (χ1v) is 5.51. The second-order valence-corrected chi connectivity index (χ2v) is 3.96. The van der Waals surface area contributed by atoms with E-state index in [0.29, 0.717) is 5.56 Å². The van der Waals surface area contributed by atoms with E-state index < -0.39 is 0 Å². The molecular weight excluding hydrogens is 214 g/mol. The Morgan fingerprint density at radius 3 is 2.65 bits per heavy atom. The van der Waals surface area contributed by atoms with Crippen LogP contribution in [0.2, 0.25) is 0 Å². The Labute approximate surface area is 100 Å². The minimum Gasteiger partial charge on any atom is -0.342 e. The highest BCUT2D eigenvalue weighted by Crippen LogP contribution is 2.09. The molecule has 0 fully saturated rings. The number of nitrogens with one attached hydrogen (secondary N) is 1. The molecule has 2 rings (SSSR count). The van der Waals surface area contributed by atoms with Crippen molar-refractivity contribution in [1.82, 2.24) is 14.9 Å². The maximum Gasteiger partial charge on any atom is 0.251 e. The Kier molecular flexibility index (Phi) is 3.23. The summed E-state index contributed by atoms with van der Waals surface area (Å²) in [5.74, 6) is 0.760. The molecule has 0 bridgehead atoms. The van der Waals surface area contributed by atoms with Crippen molar-refractivity contribution < 1.29 is 4.79 Å². The number of hydrogen-bond acceptors (Lipinski definition) is 2. The molecule has 1 unspecified atom stereocenters. The van der Waals surface area contributed by atoms with Gasteiger partial charge < -0.3 is 9.88 Å². The normalized spacial score (nSPS) is 12.1. The van der Waals surface area contributed by atoms with Crippen LogP contribution in [0.3, 0.4) is 0 Å². The van der Waals surface area contributed by atoms with Crippen LogP contribution in [0.4, 0.5) is 0 Å². The number of nitrogens with zero attached hydrogens (tertiary/aromatic N) is 2. The maximum atomic E-state index is 11.9. The maximum absolute atomic E-state index is 11.9. The lowest BCUT2D eigenvalue weighted by molar-refractivity contribution is 0.0938. The van der Waals surface area contributed by atoms with E-state index in [1.165, 1.54) is 0 Å². The summed E-state index contributed by atoms with van der Waals surface area (Å²) in [5, 5.41) is 2.92. The third-order valence-corrected chi connectivity index (χ3v) is 2.63. The number of aryl methyl sites for hydroxylation is 1. The second-order valence-electron chi connectivity index (χ2n) is 3.96. The summed E-state index contributed by atoms with van der Waals surface area (Å²) in [5.41, 5.74) is 0.661. The molecule has 1 aromatic heterocycles. The average Bonchev–Trinajstić information content (AvgIpc) is 2.76. The van der Waals surface area contributed by atoms with E-state index in [1.54, 1.807) is 18.3 Å². The van der Waals surface area contributed by atoms with Gasteiger partial charge in [0.05, 0.1) is 6.04 Å². The summed E-state index contributed by atoms with van der Waals surface area (Å²) in [4.78, 5) is 16.1. The van der Waals surface area contributed by atoms with Gasteiger partial charge in [-0.15, -0.1) is 0 Å². The highest BCUT2D eigenvalue weighted by atomic mass is 16.1. The van der Waals surface area contributed by atoms with Gasteiger partial charge in [-0.2, -0.15) is 0 Å². The molecule has 17 heavy (non-hydrogen) atoms. The number of hydrogen-bond donors (Lipinski definition) is 1. The number of carbonyl (C=O) groups is 1. The van der Waals surface area contributed by atoms with Crippen molar-refractivity contribution in [3.8, 4) is 0 Å². The van der Waals surface area contributed by atoms with E-state index in [-0.39, 0.29) is 11.9 Å². The van der Waals surface area contributed by atoms with Crippen LogP contribution in [0.5, 0.6) is 0 Å². The fourth-order valence-electron chi connectivity index (χ4n) is 1.73. The number of imidazole rings is 1. The van der Waals surface area contributed by atoms with E-state index in [4.69, 9.17) is 0 Å². The van der Waals surface area contributed by atoms with E-state index >= 15 is 0 Å². The lowest BCUT2D eigenvalue weighted by Crippen LogP contribution is -2.28. The zero-order valence-electron chi connectivity index (χ0n) is 9.92. The van der Waals surface area contributed by atoms with Crippen molar-refractivity contribution in [2.75, 3.05) is 0 Å². The van der Waals surface area contributed by atoms with Crippen LogP contribution in [-0.4, -0.2) is 15.5 Å². The molecule has 1 heterocycles. The van der Waals surface area contributed by atoms with Gasteiger partial charge in [0.25, 0.3) is 5.91 Å². The van der Waals surface area contributed by atoms with Gasteiger partial charge in [0.2, 0.25) is 0 Å². The van der Waals surface area contributed by atoms with E-state index in [9.17, 15) is 4.79 Å². The Balaban J connectivity index is 2.08. The van der Waals surface area contributed by atoms with Crippen LogP contribution in [0, 0.1) is 0 Å². The Morgan fingerprint density at radius 1 is 1.35 bits per heavy atom. The molecule has 4 nitrogen and oxygen atoms in total. The molecule has 0 saturated carbocycles. The van der Waals surface area contributed by atoms with Gasteiger partial charge in [0.15, 0.2) is 0 Å². The van der Waals surface area contributed by atoms with Crippen molar-refractivity contribution in [1.29, 1.82) is 0 Å². The predicted octanol–water partition coefficient (Wildman–Crippen LogP) is 1.91. The van der Waals surface area contributed by atoms with Gasteiger partial charge in [0.1, 0.15) is 5.82 Å². The summed E-state index contributed by atoms with van der Waals surface area (Å²) in [6, 6.07) is 9.06. The quantitative estimate of drug-likeness (QED) is 0.874. The zero-order chi connectivity index (χ0) is 12.3. The highest BCUT2D eigenvalue weighted by molar-refractivity contribution is 5.94. The molecule has 1 N–H and O–H groups in total. The lowest BCUT2D eigenvalue weighted by Gasteiger charge is -2.13. The van der Waals surface area contributed by atoms with Gasteiger partial charge in [0, 0.05) is 25.0 Å². The molecule has 0 radical (unpaired) electrons. The average molecular weight is 229 g/mol. The molecular formula is C13H15N3O. The van der Waals surface area contributed by atoms with Gasteiger partial charge in [-0.05, 0) is 19.1 Å². The fraction of sp³-hybridized carbons (Fsp3) is 0.231. The smallest absolute Gasteiger partial charge is 0.251 e. The van der Waals surface area contributed by atoms with Crippen LogP contribution in [-0.2, 0) is 7.05 Å². The third-order valence-electron chi connectivity index (χ3n) is 2.63. The standard InChI is InChI=1S/C13H15N3O/c1-10(12-14-8-9-16(12)2)15-13(17)11-6-4-3-5-7-11/h3-10H,1-2H3,(H,15,17). The third kappa shape index (κ3) is 2.53.